The van der Waals surface area contributed by atoms with Crippen molar-refractivity contribution in [3.63, 3.8) is 0 Å². The van der Waals surface area contributed by atoms with Crippen LogP contribution in [-0.2, 0) is 4.79 Å². The van der Waals surface area contributed by atoms with E-state index in [0.717, 1.165) is 5.52 Å². The number of carbonyl (C=O) groups is 1. The third kappa shape index (κ3) is 2.03. The molecular formula is C11H14N4O. The number of aromatic amines is 1. The third-order valence-electron chi connectivity index (χ3n) is 2.21. The molecule has 0 saturated heterocycles. The topological polar surface area (TPSA) is 70.7 Å². The van der Waals surface area contributed by atoms with Crippen LogP contribution in [0.2, 0.25) is 0 Å². The van der Waals surface area contributed by atoms with Gasteiger partial charge in [0.15, 0.2) is 5.65 Å². The van der Waals surface area contributed by atoms with Crippen molar-refractivity contribution in [3.8, 4) is 0 Å². The van der Waals surface area contributed by atoms with Gasteiger partial charge >= 0.3 is 0 Å². The van der Waals surface area contributed by atoms with Crippen molar-refractivity contribution in [2.75, 3.05) is 5.32 Å². The van der Waals surface area contributed by atoms with Crippen molar-refractivity contribution in [2.24, 2.45) is 5.41 Å². The summed E-state index contributed by atoms with van der Waals surface area (Å²) in [5.74, 6) is -0.0341. The Morgan fingerprint density at radius 2 is 2.12 bits per heavy atom. The molecule has 1 amide bonds. The SMILES string of the molecule is CC(C)(C)C(=O)Nc1cnc2nc[nH]c2c1. The Morgan fingerprint density at radius 1 is 1.38 bits per heavy atom. The highest BCUT2D eigenvalue weighted by Crippen LogP contribution is 2.18. The van der Waals surface area contributed by atoms with E-state index in [1.807, 2.05) is 26.8 Å². The Hall–Kier alpha value is -1.91. The smallest absolute Gasteiger partial charge is 0.229 e. The first kappa shape index (κ1) is 10.6. The molecule has 2 N–H and O–H groups in total. The van der Waals surface area contributed by atoms with Crippen LogP contribution in [0.4, 0.5) is 5.69 Å². The molecule has 0 aliphatic rings. The van der Waals surface area contributed by atoms with E-state index >= 15 is 0 Å². The zero-order valence-corrected chi connectivity index (χ0v) is 9.53. The first-order valence-electron chi connectivity index (χ1n) is 5.07. The van der Waals surface area contributed by atoms with Crippen LogP contribution in [0.1, 0.15) is 20.8 Å². The Bertz CT molecular complexity index is 524. The molecule has 0 unspecified atom stereocenters. The molecule has 0 saturated carbocycles. The highest BCUT2D eigenvalue weighted by atomic mass is 16.2. The fourth-order valence-electron chi connectivity index (χ4n) is 1.22. The fourth-order valence-corrected chi connectivity index (χ4v) is 1.22. The van der Waals surface area contributed by atoms with Crippen LogP contribution in [0.15, 0.2) is 18.6 Å². The van der Waals surface area contributed by atoms with Crippen LogP contribution < -0.4 is 5.32 Å². The number of amides is 1. The summed E-state index contributed by atoms with van der Waals surface area (Å²) in [6.45, 7) is 5.60. The molecule has 0 spiro atoms. The number of H-pyrrole nitrogens is 1. The van der Waals surface area contributed by atoms with Gasteiger partial charge in [0, 0.05) is 5.41 Å². The molecule has 84 valence electrons. The number of anilines is 1. The average Bonchev–Trinajstić information content (AvgIpc) is 2.63. The second-order valence-corrected chi connectivity index (χ2v) is 4.70. The van der Waals surface area contributed by atoms with Crippen molar-refractivity contribution >= 4 is 22.8 Å². The fraction of sp³-hybridized carbons (Fsp3) is 0.364. The van der Waals surface area contributed by atoms with Crippen molar-refractivity contribution < 1.29 is 4.79 Å². The summed E-state index contributed by atoms with van der Waals surface area (Å²) in [5.41, 5.74) is 1.72. The van der Waals surface area contributed by atoms with Crippen LogP contribution in [0.3, 0.4) is 0 Å². The van der Waals surface area contributed by atoms with Gasteiger partial charge in [0.25, 0.3) is 0 Å². The molecular weight excluding hydrogens is 204 g/mol. The van der Waals surface area contributed by atoms with E-state index in [1.165, 1.54) is 0 Å². The lowest BCUT2D eigenvalue weighted by molar-refractivity contribution is -0.123. The maximum atomic E-state index is 11.7. The van der Waals surface area contributed by atoms with Gasteiger partial charge in [0.2, 0.25) is 5.91 Å². The third-order valence-corrected chi connectivity index (χ3v) is 2.21. The van der Waals surface area contributed by atoms with Crippen molar-refractivity contribution in [1.82, 2.24) is 15.0 Å². The summed E-state index contributed by atoms with van der Waals surface area (Å²) in [6, 6.07) is 1.82. The zero-order valence-electron chi connectivity index (χ0n) is 9.53. The van der Waals surface area contributed by atoms with E-state index in [-0.39, 0.29) is 5.91 Å². The largest absolute Gasteiger partial charge is 0.343 e. The maximum absolute atomic E-state index is 11.7. The predicted octanol–water partition coefficient (Wildman–Crippen LogP) is 1.94. The normalized spacial score (nSPS) is 11.7. The highest BCUT2D eigenvalue weighted by molar-refractivity contribution is 5.95. The summed E-state index contributed by atoms with van der Waals surface area (Å²) in [7, 11) is 0. The molecule has 0 aliphatic carbocycles. The van der Waals surface area contributed by atoms with Crippen molar-refractivity contribution in [2.45, 2.75) is 20.8 Å². The number of aromatic nitrogens is 3. The molecule has 5 nitrogen and oxygen atoms in total. The Morgan fingerprint density at radius 3 is 2.81 bits per heavy atom. The number of pyridine rings is 1. The molecule has 5 heteroatoms. The number of fused-ring (bicyclic) bond motifs is 1. The molecule has 16 heavy (non-hydrogen) atoms. The number of nitrogens with zero attached hydrogens (tertiary/aromatic N) is 2. The number of rotatable bonds is 1. The van der Waals surface area contributed by atoms with Gasteiger partial charge in [-0.15, -0.1) is 0 Å². The highest BCUT2D eigenvalue weighted by Gasteiger charge is 2.21. The zero-order chi connectivity index (χ0) is 11.8. The molecule has 2 aromatic heterocycles. The molecule has 2 rings (SSSR count). The van der Waals surface area contributed by atoms with E-state index in [4.69, 9.17) is 0 Å². The minimum absolute atomic E-state index is 0.0341. The van der Waals surface area contributed by atoms with Gasteiger partial charge in [0.1, 0.15) is 0 Å². The van der Waals surface area contributed by atoms with Crippen LogP contribution in [-0.4, -0.2) is 20.9 Å². The van der Waals surface area contributed by atoms with Crippen LogP contribution in [0.5, 0.6) is 0 Å². The lowest BCUT2D eigenvalue weighted by atomic mass is 9.95. The van der Waals surface area contributed by atoms with Crippen molar-refractivity contribution in [1.29, 1.82) is 0 Å². The van der Waals surface area contributed by atoms with E-state index in [9.17, 15) is 4.79 Å². The van der Waals surface area contributed by atoms with Gasteiger partial charge < -0.3 is 10.3 Å². The summed E-state index contributed by atoms with van der Waals surface area (Å²) >= 11 is 0. The Labute approximate surface area is 93.3 Å². The number of carbonyl (C=O) groups excluding carboxylic acids is 1. The molecule has 2 aromatic rings. The summed E-state index contributed by atoms with van der Waals surface area (Å²) < 4.78 is 0. The summed E-state index contributed by atoms with van der Waals surface area (Å²) in [5, 5.41) is 2.81. The summed E-state index contributed by atoms with van der Waals surface area (Å²) in [4.78, 5) is 22.8. The maximum Gasteiger partial charge on any atom is 0.229 e. The minimum atomic E-state index is -0.414. The van der Waals surface area contributed by atoms with E-state index in [2.05, 4.69) is 20.3 Å². The van der Waals surface area contributed by atoms with E-state index < -0.39 is 5.41 Å². The second-order valence-electron chi connectivity index (χ2n) is 4.70. The van der Waals surface area contributed by atoms with Crippen molar-refractivity contribution in [3.05, 3.63) is 18.6 Å². The monoisotopic (exact) mass is 218 g/mol. The molecule has 0 aliphatic heterocycles. The van der Waals surface area contributed by atoms with Crippen LogP contribution >= 0.6 is 0 Å². The van der Waals surface area contributed by atoms with Gasteiger partial charge in [-0.25, -0.2) is 9.97 Å². The lowest BCUT2D eigenvalue weighted by Gasteiger charge is -2.17. The lowest BCUT2D eigenvalue weighted by Crippen LogP contribution is -2.27. The van der Waals surface area contributed by atoms with E-state index in [1.54, 1.807) is 12.5 Å². The first-order valence-corrected chi connectivity index (χ1v) is 5.07. The first-order chi connectivity index (χ1) is 7.47. The second kappa shape index (κ2) is 3.59. The molecule has 0 fully saturated rings. The number of imidazole rings is 1. The number of hydrogen-bond acceptors (Lipinski definition) is 3. The summed E-state index contributed by atoms with van der Waals surface area (Å²) in [6.07, 6.45) is 3.18. The van der Waals surface area contributed by atoms with Gasteiger partial charge in [-0.2, -0.15) is 0 Å². The standard InChI is InChI=1S/C11H14N4O/c1-11(2,3)10(16)15-7-4-8-9(12-5-7)14-6-13-8/h4-6H,1-3H3,(H,15,16)(H,12,13,14). The number of nitrogens with one attached hydrogen (secondary N) is 2. The number of hydrogen-bond donors (Lipinski definition) is 2. The van der Waals surface area contributed by atoms with Gasteiger partial charge in [-0.3, -0.25) is 4.79 Å². The van der Waals surface area contributed by atoms with Gasteiger partial charge in [-0.1, -0.05) is 20.8 Å². The van der Waals surface area contributed by atoms with Gasteiger partial charge in [0.05, 0.1) is 23.7 Å². The Kier molecular flexibility index (Phi) is 2.38. The minimum Gasteiger partial charge on any atom is -0.343 e. The van der Waals surface area contributed by atoms with Crippen LogP contribution in [0.25, 0.3) is 11.2 Å². The Balaban J connectivity index is 2.24. The van der Waals surface area contributed by atoms with Crippen LogP contribution in [0, 0.1) is 5.41 Å². The molecule has 0 radical (unpaired) electrons. The molecule has 0 aromatic carbocycles. The van der Waals surface area contributed by atoms with Gasteiger partial charge in [-0.05, 0) is 6.07 Å². The molecule has 2 heterocycles. The quantitative estimate of drug-likeness (QED) is 0.768. The average molecular weight is 218 g/mol. The van der Waals surface area contributed by atoms with E-state index in [0.29, 0.717) is 11.3 Å². The molecule has 0 bridgehead atoms. The molecule has 0 atom stereocenters. The predicted molar refractivity (Wildman–Crippen MR) is 62.0 cm³/mol.